The minimum Gasteiger partial charge on any atom is -0.444 e. The van der Waals surface area contributed by atoms with Crippen LogP contribution in [0.25, 0.3) is 10.2 Å². The fourth-order valence-electron chi connectivity index (χ4n) is 1.86. The molecule has 4 nitrogen and oxygen atoms in total. The van der Waals surface area contributed by atoms with Crippen LogP contribution in [-0.4, -0.2) is 11.1 Å². The summed E-state index contributed by atoms with van der Waals surface area (Å²) in [6.45, 7) is 0.243. The number of carbonyl (C=O) groups is 1. The first-order valence-electron chi connectivity index (χ1n) is 6.23. The molecule has 3 rings (SSSR count). The topological polar surface area (TPSA) is 51.2 Å². The Bertz CT molecular complexity index is 774. The number of anilines is 1. The Morgan fingerprint density at radius 3 is 2.86 bits per heavy atom. The van der Waals surface area contributed by atoms with E-state index in [-0.39, 0.29) is 6.61 Å². The smallest absolute Gasteiger partial charge is 0.411 e. The van der Waals surface area contributed by atoms with Crippen LogP contribution in [0.5, 0.6) is 0 Å². The average Bonchev–Trinajstić information content (AvgIpc) is 2.98. The van der Waals surface area contributed by atoms with Crippen molar-refractivity contribution in [2.24, 2.45) is 0 Å². The van der Waals surface area contributed by atoms with Crippen LogP contribution in [0.4, 0.5) is 10.5 Å². The number of benzene rings is 2. The molecular weight excluding hydrogens is 352 g/mol. The zero-order chi connectivity index (χ0) is 14.7. The number of thiazole rings is 1. The van der Waals surface area contributed by atoms with E-state index in [1.165, 1.54) is 11.3 Å². The fourth-order valence-corrected chi connectivity index (χ4v) is 3.30. The summed E-state index contributed by atoms with van der Waals surface area (Å²) in [6, 6.07) is 13.2. The molecule has 1 N–H and O–H groups in total. The monoisotopic (exact) mass is 362 g/mol. The van der Waals surface area contributed by atoms with Crippen molar-refractivity contribution in [3.8, 4) is 0 Å². The fraction of sp³-hybridized carbons (Fsp3) is 0.0667. The first-order valence-corrected chi connectivity index (χ1v) is 7.91. The Morgan fingerprint density at radius 1 is 1.24 bits per heavy atom. The summed E-state index contributed by atoms with van der Waals surface area (Å²) in [5.74, 6) is 0. The van der Waals surface area contributed by atoms with Gasteiger partial charge in [-0.1, -0.05) is 30.3 Å². The largest absolute Gasteiger partial charge is 0.444 e. The van der Waals surface area contributed by atoms with Crippen LogP contribution in [0.15, 0.2) is 52.4 Å². The first-order chi connectivity index (χ1) is 10.2. The van der Waals surface area contributed by atoms with E-state index in [4.69, 9.17) is 4.74 Å². The van der Waals surface area contributed by atoms with Crippen molar-refractivity contribution in [2.45, 2.75) is 6.61 Å². The predicted octanol–water partition coefficient (Wildman–Crippen LogP) is 4.81. The Morgan fingerprint density at radius 2 is 2.05 bits per heavy atom. The van der Waals surface area contributed by atoms with Crippen molar-refractivity contribution in [3.63, 3.8) is 0 Å². The second-order valence-corrected chi connectivity index (χ2v) is 5.96. The average molecular weight is 363 g/mol. The number of hydrogen-bond acceptors (Lipinski definition) is 4. The lowest BCUT2D eigenvalue weighted by Gasteiger charge is -2.09. The molecule has 0 aliphatic carbocycles. The van der Waals surface area contributed by atoms with Gasteiger partial charge in [-0.2, -0.15) is 0 Å². The molecule has 21 heavy (non-hydrogen) atoms. The molecule has 0 aliphatic heterocycles. The van der Waals surface area contributed by atoms with Crippen molar-refractivity contribution in [1.29, 1.82) is 0 Å². The summed E-state index contributed by atoms with van der Waals surface area (Å²) in [5.41, 5.74) is 4.29. The second-order valence-electron chi connectivity index (χ2n) is 4.31. The summed E-state index contributed by atoms with van der Waals surface area (Å²) >= 11 is 5.00. The van der Waals surface area contributed by atoms with Gasteiger partial charge in [-0.25, -0.2) is 9.78 Å². The predicted molar refractivity (Wildman–Crippen MR) is 87.6 cm³/mol. The SMILES string of the molecule is O=C(Nc1ccc2ncsc2c1Br)OCc1ccccc1. The molecular formula is C15H11BrN2O2S. The molecule has 3 aromatic rings. The van der Waals surface area contributed by atoms with E-state index in [0.29, 0.717) is 5.69 Å². The standard InChI is InChI=1S/C15H11BrN2O2S/c16-13-11(6-7-12-14(13)21-9-17-12)18-15(19)20-8-10-4-2-1-3-5-10/h1-7,9H,8H2,(H,18,19). The molecule has 0 aliphatic rings. The van der Waals surface area contributed by atoms with Crippen molar-refractivity contribution in [1.82, 2.24) is 4.98 Å². The molecule has 1 heterocycles. The van der Waals surface area contributed by atoms with E-state index < -0.39 is 6.09 Å². The highest BCUT2D eigenvalue weighted by atomic mass is 79.9. The summed E-state index contributed by atoms with van der Waals surface area (Å²) in [4.78, 5) is 16.1. The third kappa shape index (κ3) is 3.22. The lowest BCUT2D eigenvalue weighted by molar-refractivity contribution is 0.155. The van der Waals surface area contributed by atoms with Crippen molar-refractivity contribution >= 4 is 49.3 Å². The van der Waals surface area contributed by atoms with Gasteiger partial charge in [-0.05, 0) is 33.6 Å². The van der Waals surface area contributed by atoms with Gasteiger partial charge in [0, 0.05) is 0 Å². The van der Waals surface area contributed by atoms with Crippen LogP contribution in [0.1, 0.15) is 5.56 Å². The molecule has 0 atom stereocenters. The number of rotatable bonds is 3. The summed E-state index contributed by atoms with van der Waals surface area (Å²) in [7, 11) is 0. The number of nitrogens with zero attached hydrogens (tertiary/aromatic N) is 1. The Labute approximate surface area is 133 Å². The molecule has 106 valence electrons. The van der Waals surface area contributed by atoms with E-state index in [1.54, 1.807) is 11.6 Å². The maximum Gasteiger partial charge on any atom is 0.411 e. The minimum absolute atomic E-state index is 0.243. The number of aromatic nitrogens is 1. The van der Waals surface area contributed by atoms with Gasteiger partial charge in [0.15, 0.2) is 0 Å². The number of ether oxygens (including phenoxy) is 1. The second kappa shape index (κ2) is 6.24. The van der Waals surface area contributed by atoms with E-state index in [0.717, 1.165) is 20.3 Å². The number of hydrogen-bond donors (Lipinski definition) is 1. The van der Waals surface area contributed by atoms with Gasteiger partial charge in [-0.15, -0.1) is 11.3 Å². The zero-order valence-electron chi connectivity index (χ0n) is 10.9. The molecule has 0 spiro atoms. The van der Waals surface area contributed by atoms with E-state index in [2.05, 4.69) is 26.2 Å². The van der Waals surface area contributed by atoms with Crippen molar-refractivity contribution in [3.05, 3.63) is 58.0 Å². The molecule has 2 aromatic carbocycles. The normalized spacial score (nSPS) is 10.5. The molecule has 1 amide bonds. The van der Waals surface area contributed by atoms with Crippen molar-refractivity contribution < 1.29 is 9.53 Å². The van der Waals surface area contributed by atoms with Gasteiger partial charge in [0.25, 0.3) is 0 Å². The minimum atomic E-state index is -0.483. The van der Waals surface area contributed by atoms with Crippen LogP contribution in [0.2, 0.25) is 0 Å². The van der Waals surface area contributed by atoms with E-state index in [1.807, 2.05) is 36.4 Å². The number of halogens is 1. The van der Waals surface area contributed by atoms with Gasteiger partial charge in [0.2, 0.25) is 0 Å². The number of carbonyl (C=O) groups excluding carboxylic acids is 1. The lowest BCUT2D eigenvalue weighted by atomic mass is 10.2. The van der Waals surface area contributed by atoms with Gasteiger partial charge in [0.1, 0.15) is 6.61 Å². The van der Waals surface area contributed by atoms with Gasteiger partial charge >= 0.3 is 6.09 Å². The molecule has 0 unspecified atom stereocenters. The van der Waals surface area contributed by atoms with E-state index >= 15 is 0 Å². The lowest BCUT2D eigenvalue weighted by Crippen LogP contribution is -2.13. The van der Waals surface area contributed by atoms with Gasteiger partial charge in [-0.3, -0.25) is 5.32 Å². The van der Waals surface area contributed by atoms with E-state index in [9.17, 15) is 4.79 Å². The molecule has 0 radical (unpaired) electrons. The maximum absolute atomic E-state index is 11.8. The summed E-state index contributed by atoms with van der Waals surface area (Å²) < 4.78 is 7.01. The molecule has 0 saturated carbocycles. The van der Waals surface area contributed by atoms with Crippen LogP contribution in [0, 0.1) is 0 Å². The van der Waals surface area contributed by atoms with Crippen molar-refractivity contribution in [2.75, 3.05) is 5.32 Å². The highest BCUT2D eigenvalue weighted by Crippen LogP contribution is 2.33. The van der Waals surface area contributed by atoms with Crippen LogP contribution >= 0.6 is 27.3 Å². The number of amides is 1. The summed E-state index contributed by atoms with van der Waals surface area (Å²) in [6.07, 6.45) is -0.483. The number of nitrogens with one attached hydrogen (secondary N) is 1. The molecule has 6 heteroatoms. The molecule has 0 saturated heterocycles. The Kier molecular flexibility index (Phi) is 4.17. The van der Waals surface area contributed by atoms with Crippen LogP contribution in [-0.2, 0) is 11.3 Å². The molecule has 0 fully saturated rings. The number of fused-ring (bicyclic) bond motifs is 1. The first kappa shape index (κ1) is 14.0. The zero-order valence-corrected chi connectivity index (χ0v) is 13.3. The Hall–Kier alpha value is -1.92. The maximum atomic E-state index is 11.8. The van der Waals surface area contributed by atoms with Gasteiger partial charge in [0.05, 0.1) is 25.9 Å². The van der Waals surface area contributed by atoms with Crippen LogP contribution in [0.3, 0.4) is 0 Å². The quantitative estimate of drug-likeness (QED) is 0.727. The van der Waals surface area contributed by atoms with Gasteiger partial charge < -0.3 is 4.74 Å². The molecule has 1 aromatic heterocycles. The van der Waals surface area contributed by atoms with Crippen LogP contribution < -0.4 is 5.32 Å². The highest BCUT2D eigenvalue weighted by Gasteiger charge is 2.10. The Balaban J connectivity index is 1.67. The third-order valence-electron chi connectivity index (χ3n) is 2.89. The molecule has 0 bridgehead atoms. The third-order valence-corrected chi connectivity index (χ3v) is 4.83. The summed E-state index contributed by atoms with van der Waals surface area (Å²) in [5, 5.41) is 2.73. The highest BCUT2D eigenvalue weighted by molar-refractivity contribution is 9.10.